The number of nitro groups is 1. The molecule has 22 heavy (non-hydrogen) atoms. The Labute approximate surface area is 125 Å². The van der Waals surface area contributed by atoms with Crippen molar-refractivity contribution in [2.24, 2.45) is 0 Å². The number of halogens is 1. The van der Waals surface area contributed by atoms with Crippen LogP contribution in [0.25, 0.3) is 0 Å². The average Bonchev–Trinajstić information content (AvgIpc) is 2.52. The lowest BCUT2D eigenvalue weighted by atomic mass is 10.1. The van der Waals surface area contributed by atoms with Crippen LogP contribution in [0.1, 0.15) is 21.5 Å². The fraction of sp³-hybridized carbons (Fsp3) is 0.133. The molecule has 7 heteroatoms. The summed E-state index contributed by atoms with van der Waals surface area (Å²) in [5, 5.41) is 22.6. The third kappa shape index (κ3) is 3.44. The maximum absolute atomic E-state index is 13.1. The molecule has 0 aliphatic heterocycles. The number of hydrogen-bond acceptors (Lipinski definition) is 4. The number of aliphatic hydroxyl groups excluding tert-OH is 1. The van der Waals surface area contributed by atoms with Crippen molar-refractivity contribution >= 4 is 11.6 Å². The van der Waals surface area contributed by atoms with Crippen LogP contribution in [0.3, 0.4) is 0 Å². The van der Waals surface area contributed by atoms with Crippen molar-refractivity contribution in [2.45, 2.75) is 13.2 Å². The number of aliphatic hydroxyl groups is 1. The summed E-state index contributed by atoms with van der Waals surface area (Å²) in [6.07, 6.45) is 0. The summed E-state index contributed by atoms with van der Waals surface area (Å²) in [5.74, 6) is -1.46. The van der Waals surface area contributed by atoms with Gasteiger partial charge in [-0.3, -0.25) is 14.9 Å². The molecule has 6 nitrogen and oxygen atoms in total. The van der Waals surface area contributed by atoms with Gasteiger partial charge in [0.05, 0.1) is 17.6 Å². The van der Waals surface area contributed by atoms with Crippen LogP contribution in [-0.2, 0) is 13.2 Å². The Hall–Kier alpha value is -2.80. The lowest BCUT2D eigenvalue weighted by Crippen LogP contribution is -2.24. The highest BCUT2D eigenvalue weighted by Gasteiger charge is 2.20. The first kappa shape index (κ1) is 15.6. The van der Waals surface area contributed by atoms with Crippen LogP contribution in [0.2, 0.25) is 0 Å². The predicted octanol–water partition coefficient (Wildman–Crippen LogP) is 2.16. The standard InChI is InChI=1S/C15H13FN2O4/c16-12-5-6-13(14(7-12)18(21)22)15(20)17-8-10-3-1-2-4-11(10)9-19/h1-7,19H,8-9H2,(H,17,20). The zero-order chi connectivity index (χ0) is 16.1. The Bertz CT molecular complexity index is 718. The van der Waals surface area contributed by atoms with Gasteiger partial charge in [-0.25, -0.2) is 4.39 Å². The summed E-state index contributed by atoms with van der Waals surface area (Å²) in [6.45, 7) is -0.0766. The minimum Gasteiger partial charge on any atom is -0.392 e. The maximum atomic E-state index is 13.1. The first-order valence-electron chi connectivity index (χ1n) is 6.42. The number of nitrogens with one attached hydrogen (secondary N) is 1. The zero-order valence-electron chi connectivity index (χ0n) is 11.5. The highest BCUT2D eigenvalue weighted by Crippen LogP contribution is 2.20. The Morgan fingerprint density at radius 1 is 1.23 bits per heavy atom. The molecule has 2 N–H and O–H groups in total. The fourth-order valence-corrected chi connectivity index (χ4v) is 2.00. The molecule has 0 spiro atoms. The van der Waals surface area contributed by atoms with Gasteiger partial charge in [-0.1, -0.05) is 24.3 Å². The summed E-state index contributed by atoms with van der Waals surface area (Å²) < 4.78 is 13.1. The lowest BCUT2D eigenvalue weighted by molar-refractivity contribution is -0.385. The Morgan fingerprint density at radius 2 is 1.91 bits per heavy atom. The van der Waals surface area contributed by atoms with Crippen molar-refractivity contribution in [1.29, 1.82) is 0 Å². The summed E-state index contributed by atoms with van der Waals surface area (Å²) in [7, 11) is 0. The van der Waals surface area contributed by atoms with Crippen LogP contribution in [-0.4, -0.2) is 15.9 Å². The van der Waals surface area contributed by atoms with Crippen molar-refractivity contribution in [3.8, 4) is 0 Å². The van der Waals surface area contributed by atoms with Crippen molar-refractivity contribution in [3.05, 3.63) is 75.1 Å². The zero-order valence-corrected chi connectivity index (χ0v) is 11.5. The molecule has 0 aliphatic carbocycles. The molecule has 2 aromatic rings. The molecule has 0 aliphatic rings. The van der Waals surface area contributed by atoms with Crippen LogP contribution in [0, 0.1) is 15.9 Å². The molecule has 0 radical (unpaired) electrons. The van der Waals surface area contributed by atoms with E-state index in [1.807, 2.05) is 0 Å². The van der Waals surface area contributed by atoms with Gasteiger partial charge in [0.1, 0.15) is 11.4 Å². The first-order valence-corrected chi connectivity index (χ1v) is 6.42. The average molecular weight is 304 g/mol. The van der Waals surface area contributed by atoms with E-state index in [2.05, 4.69) is 5.32 Å². The van der Waals surface area contributed by atoms with Crippen LogP contribution < -0.4 is 5.32 Å². The molecule has 114 valence electrons. The van der Waals surface area contributed by atoms with E-state index in [4.69, 9.17) is 0 Å². The minimum absolute atomic E-state index is 0.101. The van der Waals surface area contributed by atoms with Gasteiger partial charge in [-0.15, -0.1) is 0 Å². The number of nitrogens with zero attached hydrogens (tertiary/aromatic N) is 1. The van der Waals surface area contributed by atoms with E-state index in [0.717, 1.165) is 12.1 Å². The number of amides is 1. The first-order chi connectivity index (χ1) is 10.5. The van der Waals surface area contributed by atoms with Crippen molar-refractivity contribution < 1.29 is 19.2 Å². The molecule has 0 fully saturated rings. The van der Waals surface area contributed by atoms with Gasteiger partial charge in [0, 0.05) is 6.54 Å². The van der Waals surface area contributed by atoms with Gasteiger partial charge in [-0.05, 0) is 23.3 Å². The third-order valence-corrected chi connectivity index (χ3v) is 3.13. The SMILES string of the molecule is O=C(NCc1ccccc1CO)c1ccc(F)cc1[N+](=O)[O-]. The van der Waals surface area contributed by atoms with Gasteiger partial charge in [-0.2, -0.15) is 0 Å². The Kier molecular flexibility index (Phi) is 4.80. The molecule has 2 aromatic carbocycles. The normalized spacial score (nSPS) is 10.3. The number of hydrogen-bond donors (Lipinski definition) is 2. The highest BCUT2D eigenvalue weighted by atomic mass is 19.1. The number of carbonyl (C=O) groups is 1. The fourth-order valence-electron chi connectivity index (χ4n) is 2.00. The summed E-state index contributed by atoms with van der Waals surface area (Å²) >= 11 is 0. The Morgan fingerprint density at radius 3 is 2.55 bits per heavy atom. The van der Waals surface area contributed by atoms with E-state index in [1.165, 1.54) is 0 Å². The molecule has 0 atom stereocenters. The van der Waals surface area contributed by atoms with Crippen molar-refractivity contribution in [2.75, 3.05) is 0 Å². The van der Waals surface area contributed by atoms with E-state index < -0.39 is 22.3 Å². The van der Waals surface area contributed by atoms with Crippen LogP contribution in [0.4, 0.5) is 10.1 Å². The third-order valence-electron chi connectivity index (χ3n) is 3.13. The molecule has 0 bridgehead atoms. The monoisotopic (exact) mass is 304 g/mol. The minimum atomic E-state index is -0.806. The number of carbonyl (C=O) groups excluding carboxylic acids is 1. The molecule has 0 unspecified atom stereocenters. The smallest absolute Gasteiger partial charge is 0.285 e. The second-order valence-corrected chi connectivity index (χ2v) is 4.53. The van der Waals surface area contributed by atoms with E-state index >= 15 is 0 Å². The van der Waals surface area contributed by atoms with Gasteiger partial charge < -0.3 is 10.4 Å². The van der Waals surface area contributed by atoms with Crippen molar-refractivity contribution in [1.82, 2.24) is 5.32 Å². The van der Waals surface area contributed by atoms with Gasteiger partial charge in [0.15, 0.2) is 0 Å². The number of rotatable bonds is 5. The van der Waals surface area contributed by atoms with E-state index in [-0.39, 0.29) is 18.7 Å². The van der Waals surface area contributed by atoms with E-state index in [1.54, 1.807) is 24.3 Å². The summed E-state index contributed by atoms with van der Waals surface area (Å²) in [4.78, 5) is 22.1. The van der Waals surface area contributed by atoms with Crippen LogP contribution in [0.15, 0.2) is 42.5 Å². The van der Waals surface area contributed by atoms with Gasteiger partial charge in [0.25, 0.3) is 11.6 Å². The molecule has 2 rings (SSSR count). The van der Waals surface area contributed by atoms with Gasteiger partial charge >= 0.3 is 0 Å². The highest BCUT2D eigenvalue weighted by molar-refractivity contribution is 5.98. The number of benzene rings is 2. The predicted molar refractivity (Wildman–Crippen MR) is 76.6 cm³/mol. The van der Waals surface area contributed by atoms with Crippen LogP contribution in [0.5, 0.6) is 0 Å². The summed E-state index contributed by atoms with van der Waals surface area (Å²) in [6, 6.07) is 9.70. The largest absolute Gasteiger partial charge is 0.392 e. The Balaban J connectivity index is 2.18. The van der Waals surface area contributed by atoms with Gasteiger partial charge in [0.2, 0.25) is 0 Å². The molecule has 0 saturated heterocycles. The second kappa shape index (κ2) is 6.77. The number of nitro benzene ring substituents is 1. The van der Waals surface area contributed by atoms with Crippen molar-refractivity contribution in [3.63, 3.8) is 0 Å². The maximum Gasteiger partial charge on any atom is 0.285 e. The summed E-state index contributed by atoms with van der Waals surface area (Å²) in [5.41, 5.74) is 0.542. The molecule has 0 heterocycles. The molecular formula is C15H13FN2O4. The topological polar surface area (TPSA) is 92.5 Å². The molecule has 0 aromatic heterocycles. The molecular weight excluding hydrogens is 291 g/mol. The second-order valence-electron chi connectivity index (χ2n) is 4.53. The molecule has 1 amide bonds. The van der Waals surface area contributed by atoms with E-state index in [0.29, 0.717) is 17.2 Å². The van der Waals surface area contributed by atoms with Crippen LogP contribution >= 0.6 is 0 Å². The molecule has 0 saturated carbocycles. The quantitative estimate of drug-likeness (QED) is 0.654. The van der Waals surface area contributed by atoms with E-state index in [9.17, 15) is 24.4 Å². The lowest BCUT2D eigenvalue weighted by Gasteiger charge is -2.09.